The van der Waals surface area contributed by atoms with Crippen molar-refractivity contribution in [3.63, 3.8) is 0 Å². The van der Waals surface area contributed by atoms with Gasteiger partial charge in [-0.2, -0.15) is 13.2 Å². The Morgan fingerprint density at radius 3 is 2.20 bits per heavy atom. The number of hydrogen-bond donors (Lipinski definition) is 0. The molecule has 1 amide bonds. The van der Waals surface area contributed by atoms with Gasteiger partial charge in [-0.25, -0.2) is 0 Å². The first-order valence-electron chi connectivity index (χ1n) is 6.77. The van der Waals surface area contributed by atoms with Crippen molar-refractivity contribution in [2.24, 2.45) is 5.92 Å². The Morgan fingerprint density at radius 2 is 1.80 bits per heavy atom. The highest BCUT2D eigenvalue weighted by atomic mass is 19.4. The molecule has 1 fully saturated rings. The van der Waals surface area contributed by atoms with Gasteiger partial charge >= 0.3 is 6.18 Å². The molecule has 20 heavy (non-hydrogen) atoms. The van der Waals surface area contributed by atoms with E-state index < -0.39 is 11.7 Å². The maximum atomic E-state index is 12.5. The Hall–Kier alpha value is -1.52. The molecule has 0 atom stereocenters. The monoisotopic (exact) mass is 285 g/mol. The summed E-state index contributed by atoms with van der Waals surface area (Å²) in [7, 11) is 0. The van der Waals surface area contributed by atoms with Gasteiger partial charge in [-0.1, -0.05) is 13.8 Å². The number of nitrogens with zero attached hydrogens (tertiary/aromatic N) is 1. The summed E-state index contributed by atoms with van der Waals surface area (Å²) in [6.07, 6.45) is -2.39. The lowest BCUT2D eigenvalue weighted by Crippen LogP contribution is -2.36. The van der Waals surface area contributed by atoms with Crippen LogP contribution in [0.5, 0.6) is 0 Å². The fraction of sp³-hybridized carbons (Fsp3) is 0.533. The van der Waals surface area contributed by atoms with Crippen LogP contribution in [0.1, 0.15) is 42.6 Å². The van der Waals surface area contributed by atoms with Crippen LogP contribution in [0.2, 0.25) is 0 Å². The van der Waals surface area contributed by atoms with Crippen molar-refractivity contribution in [2.45, 2.75) is 38.9 Å². The van der Waals surface area contributed by atoms with Crippen molar-refractivity contribution in [2.75, 3.05) is 6.54 Å². The molecule has 0 spiro atoms. The maximum absolute atomic E-state index is 12.5. The highest BCUT2D eigenvalue weighted by Gasteiger charge is 2.34. The second-order valence-electron chi connectivity index (χ2n) is 5.66. The number of halogens is 3. The molecule has 1 saturated carbocycles. The topological polar surface area (TPSA) is 20.3 Å². The molecule has 1 aliphatic rings. The zero-order valence-electron chi connectivity index (χ0n) is 11.6. The van der Waals surface area contributed by atoms with Gasteiger partial charge in [-0.15, -0.1) is 0 Å². The minimum absolute atomic E-state index is 0.171. The molecule has 0 bridgehead atoms. The van der Waals surface area contributed by atoms with Crippen molar-refractivity contribution in [1.29, 1.82) is 0 Å². The van der Waals surface area contributed by atoms with Crippen LogP contribution < -0.4 is 0 Å². The molecule has 0 aromatic heterocycles. The molecule has 110 valence electrons. The molecule has 1 aromatic carbocycles. The van der Waals surface area contributed by atoms with E-state index in [1.807, 2.05) is 13.8 Å². The van der Waals surface area contributed by atoms with Crippen LogP contribution in [-0.4, -0.2) is 23.4 Å². The lowest BCUT2D eigenvalue weighted by molar-refractivity contribution is -0.137. The van der Waals surface area contributed by atoms with Crippen LogP contribution in [-0.2, 0) is 6.18 Å². The average Bonchev–Trinajstić information content (AvgIpc) is 3.18. The van der Waals surface area contributed by atoms with Crippen LogP contribution in [0.15, 0.2) is 24.3 Å². The van der Waals surface area contributed by atoms with Gasteiger partial charge < -0.3 is 4.90 Å². The van der Waals surface area contributed by atoms with E-state index in [1.165, 1.54) is 12.1 Å². The van der Waals surface area contributed by atoms with Crippen molar-refractivity contribution in [3.05, 3.63) is 35.4 Å². The molecular formula is C15H18F3NO. The predicted octanol–water partition coefficient (Wildman–Crippen LogP) is 3.97. The first kappa shape index (κ1) is 14.9. The van der Waals surface area contributed by atoms with E-state index in [2.05, 4.69) is 0 Å². The zero-order valence-corrected chi connectivity index (χ0v) is 11.6. The largest absolute Gasteiger partial charge is 0.416 e. The lowest BCUT2D eigenvalue weighted by Gasteiger charge is -2.24. The Labute approximate surface area is 116 Å². The van der Waals surface area contributed by atoms with Gasteiger partial charge in [0.2, 0.25) is 0 Å². The summed E-state index contributed by atoms with van der Waals surface area (Å²) in [6, 6.07) is 4.72. The summed E-state index contributed by atoms with van der Waals surface area (Å²) in [5, 5.41) is 0. The smallest absolute Gasteiger partial charge is 0.335 e. The van der Waals surface area contributed by atoms with E-state index in [-0.39, 0.29) is 11.9 Å². The van der Waals surface area contributed by atoms with Gasteiger partial charge in [0.05, 0.1) is 5.56 Å². The summed E-state index contributed by atoms with van der Waals surface area (Å²) in [6.45, 7) is 4.69. The Balaban J connectivity index is 2.15. The standard InChI is InChI=1S/C15H18F3NO/c1-10(2)9-19(13-7-8-13)14(20)11-3-5-12(6-4-11)15(16,17)18/h3-6,10,13H,7-9H2,1-2H3. The molecule has 1 aliphatic carbocycles. The number of carbonyl (C=O) groups excluding carboxylic acids is 1. The Bertz CT molecular complexity index is 475. The van der Waals surface area contributed by atoms with Crippen molar-refractivity contribution < 1.29 is 18.0 Å². The van der Waals surface area contributed by atoms with Gasteiger partial charge in [0.15, 0.2) is 0 Å². The van der Waals surface area contributed by atoms with Gasteiger partial charge in [0.25, 0.3) is 5.91 Å². The molecular weight excluding hydrogens is 267 g/mol. The average molecular weight is 285 g/mol. The SMILES string of the molecule is CC(C)CN(C(=O)c1ccc(C(F)(F)F)cc1)C1CC1. The van der Waals surface area contributed by atoms with Crippen molar-refractivity contribution in [1.82, 2.24) is 4.90 Å². The third kappa shape index (κ3) is 3.52. The van der Waals surface area contributed by atoms with Crippen LogP contribution in [0, 0.1) is 5.92 Å². The number of benzene rings is 1. The number of alkyl halides is 3. The first-order valence-corrected chi connectivity index (χ1v) is 6.77. The summed E-state index contributed by atoms with van der Waals surface area (Å²) in [5.74, 6) is 0.170. The highest BCUT2D eigenvalue weighted by molar-refractivity contribution is 5.94. The first-order chi connectivity index (χ1) is 9.29. The molecule has 0 aliphatic heterocycles. The molecule has 2 nitrogen and oxygen atoms in total. The van der Waals surface area contributed by atoms with E-state index in [0.717, 1.165) is 25.0 Å². The van der Waals surface area contributed by atoms with Crippen molar-refractivity contribution >= 4 is 5.91 Å². The number of amides is 1. The van der Waals surface area contributed by atoms with Crippen LogP contribution in [0.25, 0.3) is 0 Å². The number of rotatable bonds is 4. The van der Waals surface area contributed by atoms with E-state index in [4.69, 9.17) is 0 Å². The van der Waals surface area contributed by atoms with Gasteiger partial charge in [-0.3, -0.25) is 4.79 Å². The zero-order chi connectivity index (χ0) is 14.9. The molecule has 1 aromatic rings. The summed E-state index contributed by atoms with van der Waals surface area (Å²) >= 11 is 0. The molecule has 0 saturated heterocycles. The van der Waals surface area contributed by atoms with Gasteiger partial charge in [0.1, 0.15) is 0 Å². The van der Waals surface area contributed by atoms with E-state index in [1.54, 1.807) is 4.90 Å². The van der Waals surface area contributed by atoms with Crippen molar-refractivity contribution in [3.8, 4) is 0 Å². The van der Waals surface area contributed by atoms with Crippen LogP contribution >= 0.6 is 0 Å². The molecule has 2 rings (SSSR count). The fourth-order valence-electron chi connectivity index (χ4n) is 2.15. The Kier molecular flexibility index (Phi) is 4.06. The molecule has 5 heteroatoms. The van der Waals surface area contributed by atoms with Crippen LogP contribution in [0.3, 0.4) is 0 Å². The number of hydrogen-bond acceptors (Lipinski definition) is 1. The predicted molar refractivity (Wildman–Crippen MR) is 70.3 cm³/mol. The van der Waals surface area contributed by atoms with Crippen LogP contribution in [0.4, 0.5) is 13.2 Å². The third-order valence-corrected chi connectivity index (χ3v) is 3.27. The number of carbonyl (C=O) groups is 1. The minimum atomic E-state index is -4.37. The quantitative estimate of drug-likeness (QED) is 0.819. The molecule has 0 N–H and O–H groups in total. The fourth-order valence-corrected chi connectivity index (χ4v) is 2.15. The minimum Gasteiger partial charge on any atom is -0.335 e. The summed E-state index contributed by atoms with van der Waals surface area (Å²) < 4.78 is 37.5. The van der Waals surface area contributed by atoms with Gasteiger partial charge in [0, 0.05) is 18.2 Å². The molecule has 0 unspecified atom stereocenters. The second-order valence-corrected chi connectivity index (χ2v) is 5.66. The Morgan fingerprint density at radius 1 is 1.25 bits per heavy atom. The van der Waals surface area contributed by atoms with E-state index in [0.29, 0.717) is 18.0 Å². The van der Waals surface area contributed by atoms with E-state index >= 15 is 0 Å². The maximum Gasteiger partial charge on any atom is 0.416 e. The van der Waals surface area contributed by atoms with Gasteiger partial charge in [-0.05, 0) is 43.0 Å². The summed E-state index contributed by atoms with van der Waals surface area (Å²) in [5.41, 5.74) is -0.401. The summed E-state index contributed by atoms with van der Waals surface area (Å²) in [4.78, 5) is 14.2. The lowest BCUT2D eigenvalue weighted by atomic mass is 10.1. The molecule has 0 radical (unpaired) electrons. The highest BCUT2D eigenvalue weighted by Crippen LogP contribution is 2.31. The third-order valence-electron chi connectivity index (χ3n) is 3.27. The normalized spacial score (nSPS) is 15.5. The van der Waals surface area contributed by atoms with E-state index in [9.17, 15) is 18.0 Å². The molecule has 0 heterocycles. The second kappa shape index (κ2) is 5.46.